The summed E-state index contributed by atoms with van der Waals surface area (Å²) in [6.45, 7) is 1.51. The summed E-state index contributed by atoms with van der Waals surface area (Å²) in [5, 5.41) is 8.55. The van der Waals surface area contributed by atoms with Crippen LogP contribution in [-0.4, -0.2) is 46.8 Å². The van der Waals surface area contributed by atoms with Gasteiger partial charge in [-0.2, -0.15) is 5.10 Å². The van der Waals surface area contributed by atoms with E-state index in [0.717, 1.165) is 6.42 Å². The van der Waals surface area contributed by atoms with Gasteiger partial charge in [0.1, 0.15) is 5.69 Å². The number of ether oxygens (including phenoxy) is 1. The zero-order chi connectivity index (χ0) is 17.9. The lowest BCUT2D eigenvalue weighted by atomic mass is 9.99. The van der Waals surface area contributed by atoms with Gasteiger partial charge in [-0.1, -0.05) is 42.5 Å². The normalized spacial score (nSPS) is 17.4. The lowest BCUT2D eigenvalue weighted by Crippen LogP contribution is -2.46. The summed E-state index contributed by atoms with van der Waals surface area (Å²) in [6.07, 6.45) is 0.672. The fraction of sp³-hybridized carbons (Fsp3) is 0.250. The number of benzene rings is 2. The van der Waals surface area contributed by atoms with E-state index in [0.29, 0.717) is 19.7 Å². The first-order valence-corrected chi connectivity index (χ1v) is 8.64. The molecule has 0 saturated carbocycles. The van der Waals surface area contributed by atoms with Gasteiger partial charge in [-0.25, -0.2) is 5.10 Å². The molecule has 0 radical (unpaired) electrons. The number of hydrogen-bond donors (Lipinski definition) is 1. The smallest absolute Gasteiger partial charge is 0.274 e. The molecule has 2 heterocycles. The van der Waals surface area contributed by atoms with Crippen molar-refractivity contribution in [2.45, 2.75) is 12.5 Å². The van der Waals surface area contributed by atoms with Crippen molar-refractivity contribution in [1.29, 1.82) is 0 Å². The highest BCUT2D eigenvalue weighted by molar-refractivity contribution is 5.92. The molecule has 0 spiro atoms. The van der Waals surface area contributed by atoms with E-state index in [1.54, 1.807) is 4.90 Å². The molecule has 26 heavy (non-hydrogen) atoms. The van der Waals surface area contributed by atoms with E-state index in [1.165, 1.54) is 28.5 Å². The molecule has 132 valence electrons. The molecule has 1 saturated heterocycles. The molecule has 0 bridgehead atoms. The summed E-state index contributed by atoms with van der Waals surface area (Å²) in [6, 6.07) is 17.3. The second kappa shape index (κ2) is 7.09. The molecule has 0 aliphatic carbocycles. The quantitative estimate of drug-likeness (QED) is 0.785. The average molecular weight is 349 g/mol. The van der Waals surface area contributed by atoms with Crippen LogP contribution in [-0.2, 0) is 11.2 Å². The predicted octanol–water partition coefficient (Wildman–Crippen LogP) is 2.01. The van der Waals surface area contributed by atoms with Gasteiger partial charge in [0.05, 0.1) is 12.7 Å². The van der Waals surface area contributed by atoms with Gasteiger partial charge in [-0.3, -0.25) is 9.59 Å². The van der Waals surface area contributed by atoms with Crippen LogP contribution in [0.2, 0.25) is 0 Å². The Morgan fingerprint density at radius 2 is 2.00 bits per heavy atom. The van der Waals surface area contributed by atoms with Gasteiger partial charge in [0.25, 0.3) is 11.5 Å². The number of rotatable bonds is 3. The fourth-order valence-corrected chi connectivity index (χ4v) is 3.37. The van der Waals surface area contributed by atoms with E-state index in [1.807, 2.05) is 18.2 Å². The second-order valence-electron chi connectivity index (χ2n) is 6.39. The minimum Gasteiger partial charge on any atom is -0.374 e. The van der Waals surface area contributed by atoms with E-state index in [-0.39, 0.29) is 23.3 Å². The molecule has 6 nitrogen and oxygen atoms in total. The van der Waals surface area contributed by atoms with Crippen LogP contribution in [0.4, 0.5) is 0 Å². The third-order valence-corrected chi connectivity index (χ3v) is 4.65. The first kappa shape index (κ1) is 16.5. The summed E-state index contributed by atoms with van der Waals surface area (Å²) in [5.74, 6) is -0.188. The Kier molecular flexibility index (Phi) is 4.50. The van der Waals surface area contributed by atoms with Crippen LogP contribution in [0.3, 0.4) is 0 Å². The molecule has 1 fully saturated rings. The molecule has 1 aliphatic heterocycles. The van der Waals surface area contributed by atoms with Crippen molar-refractivity contribution in [3.63, 3.8) is 0 Å². The van der Waals surface area contributed by atoms with Crippen molar-refractivity contribution < 1.29 is 9.53 Å². The Labute approximate surface area is 150 Å². The Bertz CT molecular complexity index is 973. The zero-order valence-corrected chi connectivity index (χ0v) is 14.2. The summed E-state index contributed by atoms with van der Waals surface area (Å²) >= 11 is 0. The van der Waals surface area contributed by atoms with E-state index < -0.39 is 0 Å². The number of nitrogens with one attached hydrogen (secondary N) is 1. The van der Waals surface area contributed by atoms with Crippen molar-refractivity contribution >= 4 is 16.7 Å². The van der Waals surface area contributed by atoms with Crippen LogP contribution < -0.4 is 5.56 Å². The van der Waals surface area contributed by atoms with Crippen LogP contribution >= 0.6 is 0 Å². The number of aromatic amines is 1. The molecule has 4 rings (SSSR count). The lowest BCUT2D eigenvalue weighted by molar-refractivity contribution is -0.0209. The SMILES string of the molecule is O=C(c1ccc(=O)[nH]n1)N1CCO[C@H](Cc2cccc3ccccc23)C1. The number of carbonyl (C=O) groups is 1. The summed E-state index contributed by atoms with van der Waals surface area (Å²) < 4.78 is 5.89. The Hall–Kier alpha value is -2.99. The van der Waals surface area contributed by atoms with E-state index in [9.17, 15) is 9.59 Å². The zero-order valence-electron chi connectivity index (χ0n) is 14.2. The molecular weight excluding hydrogens is 330 g/mol. The van der Waals surface area contributed by atoms with Crippen molar-refractivity contribution in [3.8, 4) is 0 Å². The fourth-order valence-electron chi connectivity index (χ4n) is 3.37. The highest BCUT2D eigenvalue weighted by atomic mass is 16.5. The lowest BCUT2D eigenvalue weighted by Gasteiger charge is -2.33. The Balaban J connectivity index is 1.50. The number of aromatic nitrogens is 2. The standard InChI is InChI=1S/C20H19N3O3/c24-19-9-8-18(21-22-19)20(25)23-10-11-26-16(13-23)12-15-6-3-5-14-4-1-2-7-17(14)15/h1-9,16H,10-13H2,(H,22,24)/t16-/m1/s1. The Morgan fingerprint density at radius 3 is 2.85 bits per heavy atom. The third-order valence-electron chi connectivity index (χ3n) is 4.65. The van der Waals surface area contributed by atoms with Gasteiger partial charge >= 0.3 is 0 Å². The van der Waals surface area contributed by atoms with Crippen LogP contribution in [0, 0.1) is 0 Å². The molecule has 1 aromatic heterocycles. The topological polar surface area (TPSA) is 75.3 Å². The van der Waals surface area contributed by atoms with Crippen molar-refractivity contribution in [2.75, 3.05) is 19.7 Å². The van der Waals surface area contributed by atoms with E-state index in [4.69, 9.17) is 4.74 Å². The highest BCUT2D eigenvalue weighted by Gasteiger charge is 2.26. The number of amides is 1. The second-order valence-corrected chi connectivity index (χ2v) is 6.39. The molecule has 2 aromatic carbocycles. The number of nitrogens with zero attached hydrogens (tertiary/aromatic N) is 2. The van der Waals surface area contributed by atoms with Crippen LogP contribution in [0.1, 0.15) is 16.1 Å². The van der Waals surface area contributed by atoms with Gasteiger partial charge in [0.15, 0.2) is 0 Å². The highest BCUT2D eigenvalue weighted by Crippen LogP contribution is 2.22. The van der Waals surface area contributed by atoms with Crippen molar-refractivity contribution in [3.05, 3.63) is 76.2 Å². The molecule has 0 unspecified atom stereocenters. The van der Waals surface area contributed by atoms with E-state index >= 15 is 0 Å². The summed E-state index contributed by atoms with van der Waals surface area (Å²) in [7, 11) is 0. The van der Waals surface area contributed by atoms with Crippen LogP contribution in [0.5, 0.6) is 0 Å². The number of carbonyl (C=O) groups excluding carboxylic acids is 1. The minimum absolute atomic E-state index is 0.0683. The molecule has 6 heteroatoms. The van der Waals surface area contributed by atoms with Gasteiger partial charge in [0.2, 0.25) is 0 Å². The molecular formula is C20H19N3O3. The van der Waals surface area contributed by atoms with Crippen molar-refractivity contribution in [1.82, 2.24) is 15.1 Å². The average Bonchev–Trinajstić information content (AvgIpc) is 2.69. The first-order valence-electron chi connectivity index (χ1n) is 8.64. The van der Waals surface area contributed by atoms with Gasteiger partial charge in [0, 0.05) is 25.6 Å². The molecule has 1 N–H and O–H groups in total. The number of H-pyrrole nitrogens is 1. The summed E-state index contributed by atoms with van der Waals surface area (Å²) in [5.41, 5.74) is 1.14. The monoisotopic (exact) mass is 349 g/mol. The maximum absolute atomic E-state index is 12.6. The number of hydrogen-bond acceptors (Lipinski definition) is 4. The molecule has 1 amide bonds. The van der Waals surface area contributed by atoms with Crippen LogP contribution in [0.25, 0.3) is 10.8 Å². The third kappa shape index (κ3) is 3.36. The Morgan fingerprint density at radius 1 is 1.15 bits per heavy atom. The van der Waals surface area contributed by atoms with Crippen molar-refractivity contribution in [2.24, 2.45) is 0 Å². The summed E-state index contributed by atoms with van der Waals surface area (Å²) in [4.78, 5) is 25.5. The molecule has 1 aliphatic rings. The van der Waals surface area contributed by atoms with E-state index in [2.05, 4.69) is 34.5 Å². The van der Waals surface area contributed by atoms with Gasteiger partial charge < -0.3 is 9.64 Å². The number of fused-ring (bicyclic) bond motifs is 1. The maximum atomic E-state index is 12.6. The first-order chi connectivity index (χ1) is 12.7. The minimum atomic E-state index is -0.322. The predicted molar refractivity (Wildman–Crippen MR) is 98.2 cm³/mol. The molecule has 1 atom stereocenters. The van der Waals surface area contributed by atoms with Gasteiger partial charge in [-0.05, 0) is 22.4 Å². The molecule has 3 aromatic rings. The number of morpholine rings is 1. The maximum Gasteiger partial charge on any atom is 0.274 e. The van der Waals surface area contributed by atoms with Crippen LogP contribution in [0.15, 0.2) is 59.4 Å². The largest absolute Gasteiger partial charge is 0.374 e. The van der Waals surface area contributed by atoms with Gasteiger partial charge in [-0.15, -0.1) is 0 Å².